The Bertz CT molecular complexity index is 1700. The summed E-state index contributed by atoms with van der Waals surface area (Å²) in [5.41, 5.74) is 6.61. The first-order valence-corrected chi connectivity index (χ1v) is 12.8. The molecule has 39 heavy (non-hydrogen) atoms. The lowest BCUT2D eigenvalue weighted by atomic mass is 10.0. The van der Waals surface area contributed by atoms with E-state index in [0.717, 1.165) is 23.3 Å². The van der Waals surface area contributed by atoms with E-state index in [0.29, 0.717) is 42.4 Å². The van der Waals surface area contributed by atoms with E-state index >= 15 is 0 Å². The van der Waals surface area contributed by atoms with E-state index < -0.39 is 0 Å². The van der Waals surface area contributed by atoms with Crippen LogP contribution in [-0.2, 0) is 11.2 Å². The maximum absolute atomic E-state index is 12.1. The van der Waals surface area contributed by atoms with E-state index in [-0.39, 0.29) is 11.9 Å². The number of nitrogens with one attached hydrogen (secondary N) is 1. The first-order chi connectivity index (χ1) is 19.0. The predicted molar refractivity (Wildman–Crippen MR) is 149 cm³/mol. The lowest BCUT2D eigenvalue weighted by Gasteiger charge is -2.39. The highest BCUT2D eigenvalue weighted by Gasteiger charge is 2.27. The summed E-state index contributed by atoms with van der Waals surface area (Å²) < 4.78 is 1.76. The highest BCUT2D eigenvalue weighted by atomic mass is 16.2. The van der Waals surface area contributed by atoms with Crippen molar-refractivity contribution < 1.29 is 4.79 Å². The van der Waals surface area contributed by atoms with Crippen molar-refractivity contribution in [3.05, 3.63) is 84.7 Å². The highest BCUT2D eigenvalue weighted by molar-refractivity contribution is 5.88. The SMILES string of the molecule is C=CC(=O)N1CCN(c2ncc3ncnc(Nc4ccc(Cc5ccn6ncnc6c5)c(C)c4)c3n2)C[C@H]1C. The summed E-state index contributed by atoms with van der Waals surface area (Å²) in [5, 5.41) is 7.59. The Morgan fingerprint density at radius 3 is 2.85 bits per heavy atom. The van der Waals surface area contributed by atoms with Crippen LogP contribution in [0.2, 0.25) is 0 Å². The zero-order valence-corrected chi connectivity index (χ0v) is 21.8. The first-order valence-electron chi connectivity index (χ1n) is 12.8. The number of anilines is 3. The van der Waals surface area contributed by atoms with Gasteiger partial charge in [0, 0.05) is 37.6 Å². The Morgan fingerprint density at radius 1 is 1.13 bits per heavy atom. The van der Waals surface area contributed by atoms with Crippen molar-refractivity contribution >= 4 is 40.0 Å². The fraction of sp³-hybridized carbons (Fsp3) is 0.250. The number of amides is 1. The maximum atomic E-state index is 12.1. The van der Waals surface area contributed by atoms with Crippen LogP contribution in [0.5, 0.6) is 0 Å². The third-order valence-corrected chi connectivity index (χ3v) is 7.08. The van der Waals surface area contributed by atoms with Gasteiger partial charge in [-0.15, -0.1) is 0 Å². The van der Waals surface area contributed by atoms with E-state index in [1.54, 1.807) is 17.0 Å². The van der Waals surface area contributed by atoms with Crippen LogP contribution in [0.3, 0.4) is 0 Å². The van der Waals surface area contributed by atoms with Gasteiger partial charge in [0.05, 0.1) is 6.20 Å². The molecule has 1 aromatic carbocycles. The molecule has 1 aliphatic rings. The van der Waals surface area contributed by atoms with Crippen LogP contribution in [0.1, 0.15) is 23.6 Å². The molecule has 6 rings (SSSR count). The largest absolute Gasteiger partial charge is 0.338 e. The summed E-state index contributed by atoms with van der Waals surface area (Å²) in [6, 6.07) is 10.4. The smallest absolute Gasteiger partial charge is 0.246 e. The summed E-state index contributed by atoms with van der Waals surface area (Å²) in [7, 11) is 0. The molecular weight excluding hydrogens is 492 g/mol. The topological polar surface area (TPSA) is 117 Å². The van der Waals surface area contributed by atoms with Crippen molar-refractivity contribution in [2.75, 3.05) is 29.9 Å². The molecule has 0 saturated carbocycles. The lowest BCUT2D eigenvalue weighted by Crippen LogP contribution is -2.54. The highest BCUT2D eigenvalue weighted by Crippen LogP contribution is 2.26. The maximum Gasteiger partial charge on any atom is 0.246 e. The van der Waals surface area contributed by atoms with E-state index in [1.807, 2.05) is 24.1 Å². The van der Waals surface area contributed by atoms with Gasteiger partial charge >= 0.3 is 0 Å². The van der Waals surface area contributed by atoms with Gasteiger partial charge in [0.25, 0.3) is 0 Å². The molecule has 196 valence electrons. The van der Waals surface area contributed by atoms with E-state index in [1.165, 1.54) is 23.5 Å². The Kier molecular flexibility index (Phi) is 6.31. The minimum absolute atomic E-state index is 0.0212. The van der Waals surface area contributed by atoms with Gasteiger partial charge in [0.2, 0.25) is 11.9 Å². The lowest BCUT2D eigenvalue weighted by molar-refractivity contribution is -0.128. The van der Waals surface area contributed by atoms with E-state index in [2.05, 4.69) is 73.0 Å². The molecule has 11 nitrogen and oxygen atoms in total. The van der Waals surface area contributed by atoms with Crippen LogP contribution in [0.15, 0.2) is 68.0 Å². The molecule has 0 radical (unpaired) electrons. The monoisotopic (exact) mass is 520 g/mol. The third-order valence-electron chi connectivity index (χ3n) is 7.08. The van der Waals surface area contributed by atoms with Crippen LogP contribution in [0, 0.1) is 6.92 Å². The zero-order chi connectivity index (χ0) is 26.9. The predicted octanol–water partition coefficient (Wildman–Crippen LogP) is 3.33. The van der Waals surface area contributed by atoms with Gasteiger partial charge in [-0.25, -0.2) is 29.4 Å². The van der Waals surface area contributed by atoms with Gasteiger partial charge in [0.1, 0.15) is 23.7 Å². The number of nitrogens with zero attached hydrogens (tertiary/aromatic N) is 9. The first kappa shape index (κ1) is 24.4. The molecule has 0 bridgehead atoms. The summed E-state index contributed by atoms with van der Waals surface area (Å²) in [4.78, 5) is 38.5. The van der Waals surface area contributed by atoms with Crippen molar-refractivity contribution in [3.8, 4) is 0 Å². The van der Waals surface area contributed by atoms with Gasteiger partial charge < -0.3 is 15.1 Å². The zero-order valence-electron chi connectivity index (χ0n) is 21.8. The number of pyridine rings is 1. The molecular formula is C28H28N10O. The van der Waals surface area contributed by atoms with Gasteiger partial charge in [0.15, 0.2) is 11.5 Å². The fourth-order valence-electron chi connectivity index (χ4n) is 4.97. The van der Waals surface area contributed by atoms with Gasteiger partial charge in [-0.2, -0.15) is 5.10 Å². The molecule has 1 aliphatic heterocycles. The summed E-state index contributed by atoms with van der Waals surface area (Å²) >= 11 is 0. The average molecular weight is 521 g/mol. The summed E-state index contributed by atoms with van der Waals surface area (Å²) in [6.45, 7) is 9.58. The Labute approximate surface area is 225 Å². The number of rotatable bonds is 6. The second kappa shape index (κ2) is 10.1. The second-order valence-electron chi connectivity index (χ2n) is 9.70. The van der Waals surface area contributed by atoms with Crippen LogP contribution in [0.25, 0.3) is 16.7 Å². The van der Waals surface area contributed by atoms with Crippen molar-refractivity contribution in [1.29, 1.82) is 0 Å². The Hall–Kier alpha value is -4.93. The molecule has 0 spiro atoms. The number of benzene rings is 1. The van der Waals surface area contributed by atoms with Gasteiger partial charge in [-0.05, 0) is 67.3 Å². The number of hydrogen-bond donors (Lipinski definition) is 1. The average Bonchev–Trinajstić information content (AvgIpc) is 3.42. The fourth-order valence-corrected chi connectivity index (χ4v) is 4.97. The third kappa shape index (κ3) is 4.86. The number of aromatic nitrogens is 7. The van der Waals surface area contributed by atoms with Crippen LogP contribution in [-0.4, -0.2) is 71.0 Å². The minimum atomic E-state index is -0.0563. The van der Waals surface area contributed by atoms with Crippen LogP contribution in [0.4, 0.5) is 17.5 Å². The molecule has 5 aromatic rings. The number of aryl methyl sites for hydroxylation is 1. The standard InChI is InChI=1S/C28H28N10O/c1-4-25(39)37-10-9-36(15-19(37)3)28-29-14-23-26(35-28)27(32-16-30-23)34-22-6-5-21(18(2)11-22)12-20-7-8-38-24(13-20)31-17-33-38/h4-8,11,13-14,16-17,19H,1,9-10,12,15H2,2-3H3,(H,30,32,34)/t19-/m1/s1. The Balaban J connectivity index is 1.22. The van der Waals surface area contributed by atoms with E-state index in [9.17, 15) is 4.79 Å². The van der Waals surface area contributed by atoms with Crippen LogP contribution >= 0.6 is 0 Å². The van der Waals surface area contributed by atoms with Crippen molar-refractivity contribution in [1.82, 2.24) is 39.4 Å². The molecule has 0 aliphatic carbocycles. The molecule has 1 saturated heterocycles. The molecule has 4 aromatic heterocycles. The van der Waals surface area contributed by atoms with Gasteiger partial charge in [-0.3, -0.25) is 4.79 Å². The minimum Gasteiger partial charge on any atom is -0.338 e. The van der Waals surface area contributed by atoms with Gasteiger partial charge in [-0.1, -0.05) is 12.6 Å². The summed E-state index contributed by atoms with van der Waals surface area (Å²) in [5.74, 6) is 1.15. The number of carbonyl (C=O) groups is 1. The molecule has 1 N–H and O–H groups in total. The number of carbonyl (C=O) groups excluding carboxylic acids is 1. The van der Waals surface area contributed by atoms with Crippen molar-refractivity contribution in [3.63, 3.8) is 0 Å². The number of fused-ring (bicyclic) bond motifs is 2. The normalized spacial score (nSPS) is 15.6. The number of piperazine rings is 1. The quantitative estimate of drug-likeness (QED) is 0.336. The molecule has 5 heterocycles. The van der Waals surface area contributed by atoms with Crippen molar-refractivity contribution in [2.45, 2.75) is 26.3 Å². The second-order valence-corrected chi connectivity index (χ2v) is 9.70. The van der Waals surface area contributed by atoms with E-state index in [4.69, 9.17) is 4.98 Å². The Morgan fingerprint density at radius 2 is 2.03 bits per heavy atom. The molecule has 0 unspecified atom stereocenters. The molecule has 1 fully saturated rings. The van der Waals surface area contributed by atoms with Crippen molar-refractivity contribution in [2.24, 2.45) is 0 Å². The number of hydrogen-bond acceptors (Lipinski definition) is 9. The molecule has 1 amide bonds. The summed E-state index contributed by atoms with van der Waals surface area (Å²) in [6.07, 6.45) is 8.88. The van der Waals surface area contributed by atoms with Crippen LogP contribution < -0.4 is 10.2 Å². The molecule has 11 heteroatoms. The molecule has 1 atom stereocenters.